The summed E-state index contributed by atoms with van der Waals surface area (Å²) in [4.78, 5) is 27.4. The van der Waals surface area contributed by atoms with E-state index in [1.165, 1.54) is 24.8 Å². The van der Waals surface area contributed by atoms with Crippen molar-refractivity contribution in [3.05, 3.63) is 42.5 Å². The third-order valence-electron chi connectivity index (χ3n) is 5.69. The molecule has 0 bridgehead atoms. The fourth-order valence-corrected chi connectivity index (χ4v) is 3.86. The number of hydrogen-bond donors (Lipinski definition) is 2. The Morgan fingerprint density at radius 2 is 2.03 bits per heavy atom. The van der Waals surface area contributed by atoms with E-state index >= 15 is 0 Å². The van der Waals surface area contributed by atoms with Crippen LogP contribution in [0.2, 0.25) is 0 Å². The van der Waals surface area contributed by atoms with Gasteiger partial charge >= 0.3 is 0 Å². The summed E-state index contributed by atoms with van der Waals surface area (Å²) >= 11 is 0. The number of amides is 1. The highest BCUT2D eigenvalue weighted by molar-refractivity contribution is 5.75. The maximum Gasteiger partial charge on any atom is 0.220 e. The average molecular weight is 395 g/mol. The second kappa shape index (κ2) is 9.67. The van der Waals surface area contributed by atoms with Gasteiger partial charge in [0.25, 0.3) is 0 Å². The molecule has 7 heteroatoms. The number of nitrogens with one attached hydrogen (secondary N) is 2. The Bertz CT molecular complexity index is 795. The number of carbonyl (C=O) groups excluding carboxylic acids is 1. The van der Waals surface area contributed by atoms with Crippen LogP contribution in [-0.2, 0) is 11.2 Å². The van der Waals surface area contributed by atoms with E-state index in [0.717, 1.165) is 44.0 Å². The van der Waals surface area contributed by atoms with Crippen LogP contribution in [0.4, 0.5) is 11.6 Å². The maximum atomic E-state index is 12.2. The van der Waals surface area contributed by atoms with Crippen molar-refractivity contribution >= 4 is 17.5 Å². The zero-order valence-corrected chi connectivity index (χ0v) is 16.9. The number of anilines is 2. The van der Waals surface area contributed by atoms with Gasteiger partial charge in [-0.1, -0.05) is 0 Å². The topological polar surface area (TPSA) is 83.0 Å². The van der Waals surface area contributed by atoms with Crippen molar-refractivity contribution in [2.75, 3.05) is 29.9 Å². The molecule has 7 nitrogen and oxygen atoms in total. The molecule has 1 atom stereocenters. The van der Waals surface area contributed by atoms with Crippen LogP contribution >= 0.6 is 0 Å². The van der Waals surface area contributed by atoms with E-state index in [2.05, 4.69) is 36.6 Å². The maximum absolute atomic E-state index is 12.2. The molecule has 0 radical (unpaired) electrons. The summed E-state index contributed by atoms with van der Waals surface area (Å²) in [5, 5.41) is 6.49. The Kier molecular flexibility index (Phi) is 6.54. The minimum atomic E-state index is 0.147. The van der Waals surface area contributed by atoms with Crippen LogP contribution in [0.1, 0.15) is 44.1 Å². The number of carbonyl (C=O) groups is 1. The highest BCUT2D eigenvalue weighted by Crippen LogP contribution is 2.27. The molecule has 0 aromatic carbocycles. The Morgan fingerprint density at radius 1 is 1.17 bits per heavy atom. The van der Waals surface area contributed by atoms with Gasteiger partial charge in [0.1, 0.15) is 18.0 Å². The van der Waals surface area contributed by atoms with Gasteiger partial charge in [0.15, 0.2) is 0 Å². The molecule has 3 heterocycles. The molecule has 2 aromatic rings. The van der Waals surface area contributed by atoms with Gasteiger partial charge < -0.3 is 15.5 Å². The summed E-state index contributed by atoms with van der Waals surface area (Å²) in [5.74, 6) is 2.60. The minimum Gasteiger partial charge on any atom is -0.367 e. The number of nitrogens with zero attached hydrogens (tertiary/aromatic N) is 4. The molecule has 4 rings (SSSR count). The van der Waals surface area contributed by atoms with Crippen LogP contribution in [0.5, 0.6) is 0 Å². The first-order chi connectivity index (χ1) is 14.3. The van der Waals surface area contributed by atoms with Crippen molar-refractivity contribution in [2.24, 2.45) is 5.92 Å². The van der Waals surface area contributed by atoms with Crippen molar-refractivity contribution in [3.63, 3.8) is 0 Å². The van der Waals surface area contributed by atoms with Crippen LogP contribution in [0.3, 0.4) is 0 Å². The summed E-state index contributed by atoms with van der Waals surface area (Å²) in [7, 11) is 0. The van der Waals surface area contributed by atoms with Crippen LogP contribution in [-0.4, -0.2) is 46.5 Å². The summed E-state index contributed by atoms with van der Waals surface area (Å²) in [6.07, 6.45) is 12.4. The van der Waals surface area contributed by atoms with Gasteiger partial charge in [0.05, 0.1) is 0 Å². The fourth-order valence-electron chi connectivity index (χ4n) is 3.86. The van der Waals surface area contributed by atoms with E-state index in [-0.39, 0.29) is 5.91 Å². The summed E-state index contributed by atoms with van der Waals surface area (Å²) < 4.78 is 0. The number of pyridine rings is 1. The van der Waals surface area contributed by atoms with Crippen LogP contribution in [0, 0.1) is 5.92 Å². The highest BCUT2D eigenvalue weighted by Gasteiger charge is 2.24. The van der Waals surface area contributed by atoms with E-state index in [1.54, 1.807) is 18.7 Å². The molecule has 1 amide bonds. The molecule has 2 aliphatic rings. The minimum absolute atomic E-state index is 0.147. The fraction of sp³-hybridized carbons (Fsp3) is 0.545. The van der Waals surface area contributed by atoms with Crippen molar-refractivity contribution < 1.29 is 4.79 Å². The number of aromatic nitrogens is 3. The predicted octanol–water partition coefficient (Wildman–Crippen LogP) is 2.80. The first-order valence-corrected chi connectivity index (χ1v) is 10.8. The lowest BCUT2D eigenvalue weighted by atomic mass is 9.93. The normalized spacial score (nSPS) is 19.0. The SMILES string of the molecule is O=C(CC[C@H]1CCCN(c2cc(NC3CC3)ncn2)C1)NCCc1ccncc1. The molecule has 1 aliphatic carbocycles. The standard InChI is InChI=1S/C22H30N6O/c29-22(24-12-9-17-7-10-23-11-8-17)6-3-18-2-1-13-28(15-18)21-14-20(25-16-26-21)27-19-4-5-19/h7-8,10-11,14,16,18-19H,1-6,9,12-13,15H2,(H,24,29)(H,25,26,27)/t18-/m1/s1. The van der Waals surface area contributed by atoms with Gasteiger partial charge in [-0.2, -0.15) is 0 Å². The van der Waals surface area contributed by atoms with E-state index in [4.69, 9.17) is 0 Å². The van der Waals surface area contributed by atoms with Crippen molar-refractivity contribution in [1.82, 2.24) is 20.3 Å². The lowest BCUT2D eigenvalue weighted by Crippen LogP contribution is -2.36. The number of rotatable bonds is 9. The Hall–Kier alpha value is -2.70. The molecule has 0 unspecified atom stereocenters. The first-order valence-electron chi connectivity index (χ1n) is 10.8. The van der Waals surface area contributed by atoms with Gasteiger partial charge in [-0.3, -0.25) is 9.78 Å². The Labute approximate surface area is 172 Å². The van der Waals surface area contributed by atoms with E-state index < -0.39 is 0 Å². The molecule has 1 saturated heterocycles. The number of piperidine rings is 1. The molecule has 1 aliphatic heterocycles. The zero-order valence-electron chi connectivity index (χ0n) is 16.9. The molecule has 1 saturated carbocycles. The molecular formula is C22H30N6O. The van der Waals surface area contributed by atoms with E-state index in [9.17, 15) is 4.79 Å². The Morgan fingerprint density at radius 3 is 2.86 bits per heavy atom. The molecular weight excluding hydrogens is 364 g/mol. The van der Waals surface area contributed by atoms with Crippen molar-refractivity contribution in [1.29, 1.82) is 0 Å². The first kappa shape index (κ1) is 19.6. The second-order valence-corrected chi connectivity index (χ2v) is 8.13. The van der Waals surface area contributed by atoms with Crippen molar-refractivity contribution in [2.45, 2.75) is 51.0 Å². The van der Waals surface area contributed by atoms with Crippen LogP contribution < -0.4 is 15.5 Å². The lowest BCUT2D eigenvalue weighted by Gasteiger charge is -2.33. The van der Waals surface area contributed by atoms with Gasteiger partial charge in [-0.25, -0.2) is 9.97 Å². The zero-order chi connectivity index (χ0) is 19.9. The number of hydrogen-bond acceptors (Lipinski definition) is 6. The molecule has 0 spiro atoms. The van der Waals surface area contributed by atoms with Crippen LogP contribution in [0.15, 0.2) is 36.9 Å². The lowest BCUT2D eigenvalue weighted by molar-refractivity contribution is -0.121. The highest BCUT2D eigenvalue weighted by atomic mass is 16.1. The summed E-state index contributed by atoms with van der Waals surface area (Å²) in [5.41, 5.74) is 1.20. The third kappa shape index (κ3) is 6.14. The largest absolute Gasteiger partial charge is 0.367 e. The molecule has 29 heavy (non-hydrogen) atoms. The second-order valence-electron chi connectivity index (χ2n) is 8.13. The van der Waals surface area contributed by atoms with Gasteiger partial charge in [0, 0.05) is 50.6 Å². The van der Waals surface area contributed by atoms with Crippen LogP contribution in [0.25, 0.3) is 0 Å². The van der Waals surface area contributed by atoms with Crippen molar-refractivity contribution in [3.8, 4) is 0 Å². The molecule has 154 valence electrons. The van der Waals surface area contributed by atoms with Gasteiger partial charge in [-0.05, 0) is 62.1 Å². The molecule has 2 aromatic heterocycles. The van der Waals surface area contributed by atoms with E-state index in [0.29, 0.717) is 24.9 Å². The summed E-state index contributed by atoms with van der Waals surface area (Å²) in [6.45, 7) is 2.66. The molecule has 2 N–H and O–H groups in total. The van der Waals surface area contributed by atoms with Gasteiger partial charge in [-0.15, -0.1) is 0 Å². The monoisotopic (exact) mass is 394 g/mol. The smallest absolute Gasteiger partial charge is 0.220 e. The predicted molar refractivity (Wildman–Crippen MR) is 114 cm³/mol. The van der Waals surface area contributed by atoms with E-state index in [1.807, 2.05) is 12.1 Å². The van der Waals surface area contributed by atoms with Gasteiger partial charge in [0.2, 0.25) is 5.91 Å². The summed E-state index contributed by atoms with van der Waals surface area (Å²) in [6, 6.07) is 6.62. The average Bonchev–Trinajstić information content (AvgIpc) is 3.57. The molecule has 2 fully saturated rings. The quantitative estimate of drug-likeness (QED) is 0.681. The Balaban J connectivity index is 1.20. The third-order valence-corrected chi connectivity index (χ3v) is 5.69.